The van der Waals surface area contributed by atoms with Gasteiger partial charge >= 0.3 is 0 Å². The predicted molar refractivity (Wildman–Crippen MR) is 69.9 cm³/mol. The fourth-order valence-corrected chi connectivity index (χ4v) is 3.15. The second kappa shape index (κ2) is 5.39. The summed E-state index contributed by atoms with van der Waals surface area (Å²) in [5, 5.41) is 3.40. The van der Waals surface area contributed by atoms with Gasteiger partial charge in [0, 0.05) is 13.1 Å². The van der Waals surface area contributed by atoms with Crippen LogP contribution in [0.4, 0.5) is 0 Å². The van der Waals surface area contributed by atoms with E-state index in [0.29, 0.717) is 18.4 Å². The van der Waals surface area contributed by atoms with Gasteiger partial charge in [0.15, 0.2) is 0 Å². The highest BCUT2D eigenvalue weighted by atomic mass is 16.2. The fraction of sp³-hybridized carbons (Fsp3) is 0.857. The average Bonchev–Trinajstić information content (AvgIpc) is 2.57. The molecule has 0 bridgehead atoms. The van der Waals surface area contributed by atoms with Gasteiger partial charge in [0.05, 0.1) is 12.5 Å². The maximum absolute atomic E-state index is 11.8. The zero-order valence-corrected chi connectivity index (χ0v) is 11.6. The number of hydrogen-bond donors (Lipinski definition) is 1. The number of imide groups is 1. The monoisotopic (exact) mass is 252 g/mol. The van der Waals surface area contributed by atoms with Gasteiger partial charge < -0.3 is 5.32 Å². The standard InChI is InChI=1S/C14H24N2O2/c1-9(2)10-5-4-6-11(7-10)15-12-8-13(17)16(3)14(12)18/h9-12,15H,4-8H2,1-3H3. The van der Waals surface area contributed by atoms with E-state index in [0.717, 1.165) is 18.8 Å². The Labute approximate surface area is 109 Å². The molecule has 102 valence electrons. The van der Waals surface area contributed by atoms with Crippen molar-refractivity contribution in [2.24, 2.45) is 11.8 Å². The topological polar surface area (TPSA) is 49.4 Å². The Morgan fingerprint density at radius 3 is 2.56 bits per heavy atom. The van der Waals surface area contributed by atoms with Crippen molar-refractivity contribution in [2.75, 3.05) is 7.05 Å². The van der Waals surface area contributed by atoms with E-state index in [2.05, 4.69) is 19.2 Å². The molecule has 3 unspecified atom stereocenters. The summed E-state index contributed by atoms with van der Waals surface area (Å²) in [6.45, 7) is 4.54. The van der Waals surface area contributed by atoms with E-state index in [4.69, 9.17) is 0 Å². The molecule has 1 heterocycles. The Hall–Kier alpha value is -0.900. The highest BCUT2D eigenvalue weighted by molar-refractivity contribution is 6.05. The third-order valence-electron chi connectivity index (χ3n) is 4.48. The summed E-state index contributed by atoms with van der Waals surface area (Å²) in [6, 6.07) is 0.123. The van der Waals surface area contributed by atoms with Gasteiger partial charge in [-0.25, -0.2) is 0 Å². The molecule has 1 saturated carbocycles. The van der Waals surface area contributed by atoms with Gasteiger partial charge in [0.2, 0.25) is 11.8 Å². The van der Waals surface area contributed by atoms with Gasteiger partial charge in [-0.05, 0) is 24.7 Å². The molecule has 2 rings (SSSR count). The molecular formula is C14H24N2O2. The van der Waals surface area contributed by atoms with Crippen LogP contribution < -0.4 is 5.32 Å². The number of likely N-dealkylation sites (tertiary alicyclic amines) is 1. The van der Waals surface area contributed by atoms with E-state index in [1.54, 1.807) is 7.05 Å². The number of nitrogens with zero attached hydrogens (tertiary/aromatic N) is 1. The fourth-order valence-electron chi connectivity index (χ4n) is 3.15. The van der Waals surface area contributed by atoms with Gasteiger partial charge in [0.1, 0.15) is 0 Å². The molecule has 0 radical (unpaired) electrons. The average molecular weight is 252 g/mol. The Morgan fingerprint density at radius 1 is 1.28 bits per heavy atom. The van der Waals surface area contributed by atoms with Crippen LogP contribution in [-0.4, -0.2) is 35.8 Å². The largest absolute Gasteiger partial charge is 0.303 e. The minimum Gasteiger partial charge on any atom is -0.303 e. The first-order valence-corrected chi connectivity index (χ1v) is 7.05. The second-order valence-electron chi connectivity index (χ2n) is 6.08. The summed E-state index contributed by atoms with van der Waals surface area (Å²) in [5.74, 6) is 1.33. The summed E-state index contributed by atoms with van der Waals surface area (Å²) in [5.41, 5.74) is 0. The lowest BCUT2D eigenvalue weighted by Crippen LogP contribution is -2.45. The van der Waals surface area contributed by atoms with Crippen molar-refractivity contribution < 1.29 is 9.59 Å². The van der Waals surface area contributed by atoms with Gasteiger partial charge in [-0.2, -0.15) is 0 Å². The van der Waals surface area contributed by atoms with Crippen molar-refractivity contribution >= 4 is 11.8 Å². The summed E-state index contributed by atoms with van der Waals surface area (Å²) in [7, 11) is 1.57. The molecule has 0 aromatic heterocycles. The SMILES string of the molecule is CC(C)C1CCCC(NC2CC(=O)N(C)C2=O)C1. The van der Waals surface area contributed by atoms with Gasteiger partial charge in [0.25, 0.3) is 0 Å². The van der Waals surface area contributed by atoms with E-state index in [-0.39, 0.29) is 17.9 Å². The molecule has 0 aromatic carbocycles. The first kappa shape index (κ1) is 13.5. The normalized spacial score (nSPS) is 33.6. The Bertz CT molecular complexity index is 341. The van der Waals surface area contributed by atoms with Crippen molar-refractivity contribution in [3.8, 4) is 0 Å². The molecule has 3 atom stereocenters. The molecule has 1 saturated heterocycles. The van der Waals surface area contributed by atoms with E-state index in [1.165, 1.54) is 17.7 Å². The van der Waals surface area contributed by atoms with E-state index >= 15 is 0 Å². The number of amides is 2. The van der Waals surface area contributed by atoms with Crippen LogP contribution in [0.2, 0.25) is 0 Å². The summed E-state index contributed by atoms with van der Waals surface area (Å²) in [6.07, 6.45) is 5.13. The molecule has 2 amide bonds. The maximum Gasteiger partial charge on any atom is 0.246 e. The Morgan fingerprint density at radius 2 is 2.00 bits per heavy atom. The lowest BCUT2D eigenvalue weighted by Gasteiger charge is -2.33. The van der Waals surface area contributed by atoms with Crippen molar-refractivity contribution in [1.29, 1.82) is 0 Å². The molecule has 18 heavy (non-hydrogen) atoms. The number of rotatable bonds is 3. The van der Waals surface area contributed by atoms with Crippen LogP contribution in [0.3, 0.4) is 0 Å². The minimum absolute atomic E-state index is 0.0614. The molecule has 0 aromatic rings. The Kier molecular flexibility index (Phi) is 4.05. The van der Waals surface area contributed by atoms with Crippen molar-refractivity contribution in [1.82, 2.24) is 10.2 Å². The third-order valence-corrected chi connectivity index (χ3v) is 4.48. The van der Waals surface area contributed by atoms with E-state index < -0.39 is 0 Å². The van der Waals surface area contributed by atoms with Crippen LogP contribution in [-0.2, 0) is 9.59 Å². The molecule has 2 fully saturated rings. The minimum atomic E-state index is -0.279. The second-order valence-corrected chi connectivity index (χ2v) is 6.08. The van der Waals surface area contributed by atoms with Crippen molar-refractivity contribution in [3.05, 3.63) is 0 Å². The third kappa shape index (κ3) is 2.74. The smallest absolute Gasteiger partial charge is 0.246 e. The van der Waals surface area contributed by atoms with Crippen LogP contribution in [0, 0.1) is 11.8 Å². The van der Waals surface area contributed by atoms with Crippen LogP contribution in [0.25, 0.3) is 0 Å². The number of likely N-dealkylation sites (N-methyl/N-ethyl adjacent to an activating group) is 1. The molecule has 1 N–H and O–H groups in total. The molecule has 0 spiro atoms. The molecule has 4 nitrogen and oxygen atoms in total. The lowest BCUT2D eigenvalue weighted by atomic mass is 9.79. The quantitative estimate of drug-likeness (QED) is 0.775. The van der Waals surface area contributed by atoms with Crippen LogP contribution in [0.15, 0.2) is 0 Å². The number of carbonyl (C=O) groups is 2. The van der Waals surface area contributed by atoms with Crippen molar-refractivity contribution in [3.63, 3.8) is 0 Å². The van der Waals surface area contributed by atoms with Gasteiger partial charge in [-0.15, -0.1) is 0 Å². The molecule has 4 heteroatoms. The lowest BCUT2D eigenvalue weighted by molar-refractivity contribution is -0.137. The molecule has 1 aliphatic carbocycles. The van der Waals surface area contributed by atoms with Crippen molar-refractivity contribution in [2.45, 2.75) is 58.0 Å². The highest BCUT2D eigenvalue weighted by Gasteiger charge is 2.37. The summed E-state index contributed by atoms with van der Waals surface area (Å²) >= 11 is 0. The Balaban J connectivity index is 1.90. The van der Waals surface area contributed by atoms with Crippen LogP contribution >= 0.6 is 0 Å². The first-order valence-electron chi connectivity index (χ1n) is 7.05. The van der Waals surface area contributed by atoms with Crippen LogP contribution in [0.5, 0.6) is 0 Å². The molecule has 2 aliphatic rings. The van der Waals surface area contributed by atoms with E-state index in [1.807, 2.05) is 0 Å². The summed E-state index contributed by atoms with van der Waals surface area (Å²) in [4.78, 5) is 24.6. The number of hydrogen-bond acceptors (Lipinski definition) is 3. The highest BCUT2D eigenvalue weighted by Crippen LogP contribution is 2.30. The molecular weight excluding hydrogens is 228 g/mol. The maximum atomic E-state index is 11.8. The zero-order chi connectivity index (χ0) is 13.3. The molecule has 1 aliphatic heterocycles. The predicted octanol–water partition coefficient (Wildman–Crippen LogP) is 1.55. The van der Waals surface area contributed by atoms with Crippen LogP contribution in [0.1, 0.15) is 46.0 Å². The zero-order valence-electron chi connectivity index (χ0n) is 11.6. The summed E-state index contributed by atoms with van der Waals surface area (Å²) < 4.78 is 0. The number of nitrogens with one attached hydrogen (secondary N) is 1. The number of carbonyl (C=O) groups excluding carboxylic acids is 2. The van der Waals surface area contributed by atoms with Gasteiger partial charge in [-0.1, -0.05) is 26.7 Å². The first-order chi connectivity index (χ1) is 8.49. The van der Waals surface area contributed by atoms with Gasteiger partial charge in [-0.3, -0.25) is 14.5 Å². The van der Waals surface area contributed by atoms with E-state index in [9.17, 15) is 9.59 Å².